The number of thiophene rings is 1. The Bertz CT molecular complexity index is 981. The predicted molar refractivity (Wildman–Crippen MR) is 111 cm³/mol. The van der Waals surface area contributed by atoms with Crippen LogP contribution in [0.15, 0.2) is 66.0 Å². The Balaban J connectivity index is 1.39. The number of carbonyl (C=O) groups excluding carboxylic acids is 2. The summed E-state index contributed by atoms with van der Waals surface area (Å²) in [5.41, 5.74) is 2.47. The van der Waals surface area contributed by atoms with Crippen LogP contribution < -0.4 is 5.32 Å². The summed E-state index contributed by atoms with van der Waals surface area (Å²) in [6.45, 7) is 0.884. The summed E-state index contributed by atoms with van der Waals surface area (Å²) in [5.74, 6) is -0.398. The summed E-state index contributed by atoms with van der Waals surface area (Å²) >= 11 is 1.40. The first-order chi connectivity index (χ1) is 14.1. The average molecular weight is 408 g/mol. The van der Waals surface area contributed by atoms with Crippen LogP contribution in [-0.4, -0.2) is 22.8 Å². The molecule has 0 atom stereocenters. The molecule has 29 heavy (non-hydrogen) atoms. The standard InChI is InChI=1S/C23H21FN2O2S/c24-19-9-5-17(6-10-19)15-26(20-11-12-20)23(28)18-7-3-16(4-8-18)14-25-22(27)21-2-1-13-29-21/h1-10,13,20H,11-12,14-15H2,(H,25,27). The van der Waals surface area contributed by atoms with E-state index in [0.29, 0.717) is 23.5 Å². The second-order valence-corrected chi connectivity index (χ2v) is 8.10. The zero-order valence-electron chi connectivity index (χ0n) is 15.8. The monoisotopic (exact) mass is 408 g/mol. The second kappa shape index (κ2) is 8.57. The number of carbonyl (C=O) groups is 2. The minimum Gasteiger partial charge on any atom is -0.347 e. The van der Waals surface area contributed by atoms with Crippen LogP contribution in [0.1, 0.15) is 44.0 Å². The maximum Gasteiger partial charge on any atom is 0.261 e. The summed E-state index contributed by atoms with van der Waals surface area (Å²) in [6, 6.07) is 17.5. The van der Waals surface area contributed by atoms with Crippen molar-refractivity contribution in [3.8, 4) is 0 Å². The average Bonchev–Trinajstić information content (AvgIpc) is 3.43. The molecule has 3 aromatic rings. The van der Waals surface area contributed by atoms with Gasteiger partial charge in [-0.3, -0.25) is 9.59 Å². The third-order valence-corrected chi connectivity index (χ3v) is 5.78. The molecule has 0 unspecified atom stereocenters. The van der Waals surface area contributed by atoms with Gasteiger partial charge in [0.15, 0.2) is 0 Å². The number of hydrogen-bond donors (Lipinski definition) is 1. The van der Waals surface area contributed by atoms with E-state index >= 15 is 0 Å². The molecule has 4 nitrogen and oxygen atoms in total. The molecular formula is C23H21FN2O2S. The predicted octanol–water partition coefficient (Wildman–Crippen LogP) is 4.62. The van der Waals surface area contributed by atoms with E-state index in [9.17, 15) is 14.0 Å². The molecule has 0 aliphatic heterocycles. The number of nitrogens with zero attached hydrogens (tertiary/aromatic N) is 1. The van der Waals surface area contributed by atoms with Crippen molar-refractivity contribution in [1.29, 1.82) is 0 Å². The van der Waals surface area contributed by atoms with Gasteiger partial charge < -0.3 is 10.2 Å². The molecule has 6 heteroatoms. The Labute approximate surface area is 173 Å². The minimum absolute atomic E-state index is 0.0222. The second-order valence-electron chi connectivity index (χ2n) is 7.15. The largest absolute Gasteiger partial charge is 0.347 e. The van der Waals surface area contributed by atoms with Crippen LogP contribution in [0.25, 0.3) is 0 Å². The molecule has 4 rings (SSSR count). The van der Waals surface area contributed by atoms with E-state index in [-0.39, 0.29) is 23.7 Å². The van der Waals surface area contributed by atoms with Crippen LogP contribution in [0.4, 0.5) is 4.39 Å². The SMILES string of the molecule is O=C(NCc1ccc(C(=O)N(Cc2ccc(F)cc2)C2CC2)cc1)c1cccs1. The Hall–Kier alpha value is -2.99. The quantitative estimate of drug-likeness (QED) is 0.620. The van der Waals surface area contributed by atoms with Crippen molar-refractivity contribution in [1.82, 2.24) is 10.2 Å². The van der Waals surface area contributed by atoms with Gasteiger partial charge in [0.25, 0.3) is 11.8 Å². The zero-order valence-corrected chi connectivity index (χ0v) is 16.6. The van der Waals surface area contributed by atoms with Crippen molar-refractivity contribution >= 4 is 23.2 Å². The molecular weight excluding hydrogens is 387 g/mol. The van der Waals surface area contributed by atoms with Gasteiger partial charge in [0, 0.05) is 24.7 Å². The molecule has 1 heterocycles. The first kappa shape index (κ1) is 19.3. The van der Waals surface area contributed by atoms with Crippen LogP contribution in [0, 0.1) is 5.82 Å². The Kier molecular flexibility index (Phi) is 5.71. The number of nitrogens with one attached hydrogen (secondary N) is 1. The van der Waals surface area contributed by atoms with Gasteiger partial charge in [0.1, 0.15) is 5.82 Å². The number of benzene rings is 2. The normalized spacial score (nSPS) is 13.1. The summed E-state index contributed by atoms with van der Waals surface area (Å²) in [7, 11) is 0. The first-order valence-electron chi connectivity index (χ1n) is 9.56. The molecule has 1 N–H and O–H groups in total. The molecule has 0 radical (unpaired) electrons. The van der Waals surface area contributed by atoms with Crippen molar-refractivity contribution in [3.63, 3.8) is 0 Å². The summed E-state index contributed by atoms with van der Waals surface area (Å²) < 4.78 is 13.1. The molecule has 1 aliphatic rings. The third kappa shape index (κ3) is 4.90. The van der Waals surface area contributed by atoms with Crippen molar-refractivity contribution in [2.75, 3.05) is 0 Å². The topological polar surface area (TPSA) is 49.4 Å². The van der Waals surface area contributed by atoms with Crippen LogP contribution in [0.2, 0.25) is 0 Å². The van der Waals surface area contributed by atoms with Crippen LogP contribution >= 0.6 is 11.3 Å². The van der Waals surface area contributed by atoms with E-state index in [1.165, 1.54) is 23.5 Å². The van der Waals surface area contributed by atoms with Crippen molar-refractivity contribution in [2.45, 2.75) is 32.0 Å². The van der Waals surface area contributed by atoms with Gasteiger partial charge in [-0.25, -0.2) is 4.39 Å². The maximum absolute atomic E-state index is 13.1. The lowest BCUT2D eigenvalue weighted by Gasteiger charge is -2.23. The lowest BCUT2D eigenvalue weighted by Crippen LogP contribution is -2.32. The molecule has 0 bridgehead atoms. The summed E-state index contributed by atoms with van der Waals surface area (Å²) in [4.78, 5) is 27.6. The number of halogens is 1. The van der Waals surface area contributed by atoms with Gasteiger partial charge in [-0.1, -0.05) is 30.3 Å². The molecule has 1 fully saturated rings. The van der Waals surface area contributed by atoms with Crippen LogP contribution in [-0.2, 0) is 13.1 Å². The lowest BCUT2D eigenvalue weighted by atomic mass is 10.1. The van der Waals surface area contributed by atoms with E-state index in [4.69, 9.17) is 0 Å². The maximum atomic E-state index is 13.1. The Morgan fingerprint density at radius 1 is 1.00 bits per heavy atom. The van der Waals surface area contributed by atoms with Crippen molar-refractivity contribution in [3.05, 3.63) is 93.4 Å². The van der Waals surface area contributed by atoms with Crippen LogP contribution in [0.3, 0.4) is 0 Å². The number of hydrogen-bond acceptors (Lipinski definition) is 3. The molecule has 2 aromatic carbocycles. The number of rotatable bonds is 7. The van der Waals surface area contributed by atoms with E-state index in [2.05, 4.69) is 5.32 Å². The Morgan fingerprint density at radius 3 is 2.31 bits per heavy atom. The van der Waals surface area contributed by atoms with E-state index in [1.54, 1.807) is 30.3 Å². The van der Waals surface area contributed by atoms with Crippen molar-refractivity contribution in [2.24, 2.45) is 0 Å². The van der Waals surface area contributed by atoms with E-state index in [0.717, 1.165) is 24.0 Å². The fraction of sp³-hybridized carbons (Fsp3) is 0.217. The van der Waals surface area contributed by atoms with E-state index in [1.807, 2.05) is 28.5 Å². The Morgan fingerprint density at radius 2 is 1.69 bits per heavy atom. The molecule has 148 valence electrons. The molecule has 0 spiro atoms. The highest BCUT2D eigenvalue weighted by Gasteiger charge is 2.33. The smallest absolute Gasteiger partial charge is 0.261 e. The highest BCUT2D eigenvalue weighted by molar-refractivity contribution is 7.12. The van der Waals surface area contributed by atoms with Gasteiger partial charge >= 0.3 is 0 Å². The van der Waals surface area contributed by atoms with Gasteiger partial charge in [0.05, 0.1) is 4.88 Å². The van der Waals surface area contributed by atoms with Gasteiger partial charge in [-0.2, -0.15) is 0 Å². The van der Waals surface area contributed by atoms with Gasteiger partial charge in [-0.05, 0) is 59.7 Å². The highest BCUT2D eigenvalue weighted by Crippen LogP contribution is 2.30. The first-order valence-corrected chi connectivity index (χ1v) is 10.4. The molecule has 1 aliphatic carbocycles. The van der Waals surface area contributed by atoms with Crippen LogP contribution in [0.5, 0.6) is 0 Å². The summed E-state index contributed by atoms with van der Waals surface area (Å²) in [6.07, 6.45) is 2.00. The lowest BCUT2D eigenvalue weighted by molar-refractivity contribution is 0.0729. The highest BCUT2D eigenvalue weighted by atomic mass is 32.1. The molecule has 1 saturated carbocycles. The molecule has 1 aromatic heterocycles. The zero-order chi connectivity index (χ0) is 20.2. The van der Waals surface area contributed by atoms with E-state index < -0.39 is 0 Å². The fourth-order valence-electron chi connectivity index (χ4n) is 3.15. The third-order valence-electron chi connectivity index (χ3n) is 4.91. The summed E-state index contributed by atoms with van der Waals surface area (Å²) in [5, 5.41) is 4.75. The molecule has 0 saturated heterocycles. The van der Waals surface area contributed by atoms with Gasteiger partial charge in [-0.15, -0.1) is 11.3 Å². The molecule has 2 amide bonds. The minimum atomic E-state index is -0.278. The van der Waals surface area contributed by atoms with Gasteiger partial charge in [0.2, 0.25) is 0 Å². The van der Waals surface area contributed by atoms with Crippen molar-refractivity contribution < 1.29 is 14.0 Å². The number of amides is 2. The fourth-order valence-corrected chi connectivity index (χ4v) is 3.79.